The standard InChI is InChI=1S/C19H34N2O4/c1-13-9-20(10-14(2)24-13)17(22)7-8-19(5,6)18(23)21-11-15(3)25-16(4)12-21/h13-16H,7-12H2,1-6H3/t13-,14+,15-,16+. The Labute approximate surface area is 151 Å². The quantitative estimate of drug-likeness (QED) is 0.775. The Bertz CT molecular complexity index is 474. The highest BCUT2D eigenvalue weighted by Crippen LogP contribution is 2.28. The normalized spacial score (nSPS) is 31.1. The van der Waals surface area contributed by atoms with Crippen LogP contribution in [0.15, 0.2) is 0 Å². The lowest BCUT2D eigenvalue weighted by molar-refractivity contribution is -0.153. The Morgan fingerprint density at radius 2 is 1.24 bits per heavy atom. The van der Waals surface area contributed by atoms with Crippen molar-refractivity contribution in [2.45, 2.75) is 78.8 Å². The number of hydrogen-bond donors (Lipinski definition) is 0. The molecule has 0 aromatic carbocycles. The summed E-state index contributed by atoms with van der Waals surface area (Å²) in [6, 6.07) is 0. The molecule has 0 bridgehead atoms. The molecule has 0 spiro atoms. The van der Waals surface area contributed by atoms with Crippen LogP contribution in [-0.4, -0.2) is 72.2 Å². The zero-order valence-corrected chi connectivity index (χ0v) is 16.6. The predicted octanol–water partition coefficient (Wildman–Crippen LogP) is 2.06. The molecule has 2 amide bonds. The highest BCUT2D eigenvalue weighted by Gasteiger charge is 2.36. The summed E-state index contributed by atoms with van der Waals surface area (Å²) in [7, 11) is 0. The molecule has 6 nitrogen and oxygen atoms in total. The average Bonchev–Trinajstić information content (AvgIpc) is 2.50. The Hall–Kier alpha value is -1.14. The number of ether oxygens (including phenoxy) is 2. The molecule has 2 fully saturated rings. The van der Waals surface area contributed by atoms with Crippen LogP contribution < -0.4 is 0 Å². The lowest BCUT2D eigenvalue weighted by atomic mass is 9.85. The maximum Gasteiger partial charge on any atom is 0.228 e. The van der Waals surface area contributed by atoms with Gasteiger partial charge in [-0.25, -0.2) is 0 Å². The fourth-order valence-corrected chi connectivity index (χ4v) is 3.84. The second kappa shape index (κ2) is 8.04. The third kappa shape index (κ3) is 5.42. The van der Waals surface area contributed by atoms with E-state index in [4.69, 9.17) is 9.47 Å². The van der Waals surface area contributed by atoms with E-state index in [0.29, 0.717) is 39.0 Å². The molecule has 0 N–H and O–H groups in total. The zero-order chi connectivity index (χ0) is 18.8. The van der Waals surface area contributed by atoms with Crippen LogP contribution in [0, 0.1) is 5.41 Å². The van der Waals surface area contributed by atoms with Gasteiger partial charge in [-0.15, -0.1) is 0 Å². The molecule has 25 heavy (non-hydrogen) atoms. The van der Waals surface area contributed by atoms with Crippen molar-refractivity contribution < 1.29 is 19.1 Å². The van der Waals surface area contributed by atoms with Gasteiger partial charge in [-0.2, -0.15) is 0 Å². The molecule has 2 rings (SSSR count). The Kier molecular flexibility index (Phi) is 6.49. The molecule has 2 saturated heterocycles. The molecule has 0 unspecified atom stereocenters. The number of hydrogen-bond acceptors (Lipinski definition) is 4. The van der Waals surface area contributed by atoms with Gasteiger partial charge in [0, 0.05) is 38.0 Å². The van der Waals surface area contributed by atoms with Crippen LogP contribution in [0.2, 0.25) is 0 Å². The van der Waals surface area contributed by atoms with Gasteiger partial charge in [0.15, 0.2) is 0 Å². The third-order valence-electron chi connectivity index (χ3n) is 5.02. The number of carbonyl (C=O) groups is 2. The molecular formula is C19H34N2O4. The van der Waals surface area contributed by atoms with E-state index in [1.165, 1.54) is 0 Å². The van der Waals surface area contributed by atoms with E-state index in [0.717, 1.165) is 0 Å². The lowest BCUT2D eigenvalue weighted by Gasteiger charge is -2.40. The number of nitrogens with zero attached hydrogens (tertiary/aromatic N) is 2. The number of rotatable bonds is 4. The van der Waals surface area contributed by atoms with E-state index in [1.807, 2.05) is 51.3 Å². The minimum Gasteiger partial charge on any atom is -0.372 e. The monoisotopic (exact) mass is 354 g/mol. The molecular weight excluding hydrogens is 320 g/mol. The summed E-state index contributed by atoms with van der Waals surface area (Å²) < 4.78 is 11.4. The van der Waals surface area contributed by atoms with E-state index >= 15 is 0 Å². The summed E-state index contributed by atoms with van der Waals surface area (Å²) in [6.07, 6.45) is 1.21. The maximum atomic E-state index is 12.9. The van der Waals surface area contributed by atoms with Crippen molar-refractivity contribution in [2.75, 3.05) is 26.2 Å². The zero-order valence-electron chi connectivity index (χ0n) is 16.6. The molecule has 6 heteroatoms. The molecule has 0 radical (unpaired) electrons. The van der Waals surface area contributed by atoms with Crippen LogP contribution in [-0.2, 0) is 19.1 Å². The SMILES string of the molecule is C[C@@H]1CN(C(=O)CCC(C)(C)C(=O)N2C[C@@H](C)O[C@@H](C)C2)C[C@H](C)O1. The summed E-state index contributed by atoms with van der Waals surface area (Å²) in [5.41, 5.74) is -0.546. The van der Waals surface area contributed by atoms with Gasteiger partial charge in [0.05, 0.1) is 24.4 Å². The van der Waals surface area contributed by atoms with E-state index in [2.05, 4.69) is 0 Å². The van der Waals surface area contributed by atoms with Crippen LogP contribution in [0.4, 0.5) is 0 Å². The first-order valence-electron chi connectivity index (χ1n) is 9.46. The molecule has 2 aliphatic heterocycles. The van der Waals surface area contributed by atoms with Gasteiger partial charge in [0.25, 0.3) is 0 Å². The first kappa shape index (κ1) is 20.2. The number of carbonyl (C=O) groups excluding carboxylic acids is 2. The Morgan fingerprint density at radius 1 is 0.840 bits per heavy atom. The molecule has 2 heterocycles. The minimum absolute atomic E-state index is 0.0569. The van der Waals surface area contributed by atoms with Crippen LogP contribution in [0.1, 0.15) is 54.4 Å². The summed E-state index contributed by atoms with van der Waals surface area (Å²) in [5.74, 6) is 0.234. The first-order valence-corrected chi connectivity index (χ1v) is 9.46. The Morgan fingerprint density at radius 3 is 1.68 bits per heavy atom. The van der Waals surface area contributed by atoms with Gasteiger partial charge in [0.2, 0.25) is 11.8 Å². The van der Waals surface area contributed by atoms with Crippen LogP contribution in [0.25, 0.3) is 0 Å². The highest BCUT2D eigenvalue weighted by molar-refractivity contribution is 5.83. The minimum atomic E-state index is -0.546. The van der Waals surface area contributed by atoms with E-state index < -0.39 is 5.41 Å². The van der Waals surface area contributed by atoms with Gasteiger partial charge >= 0.3 is 0 Å². The van der Waals surface area contributed by atoms with Gasteiger partial charge in [-0.3, -0.25) is 9.59 Å². The second-order valence-electron chi connectivity index (χ2n) is 8.41. The van der Waals surface area contributed by atoms with Gasteiger partial charge in [0.1, 0.15) is 0 Å². The molecule has 144 valence electrons. The van der Waals surface area contributed by atoms with Gasteiger partial charge in [-0.1, -0.05) is 13.8 Å². The van der Waals surface area contributed by atoms with Crippen molar-refractivity contribution >= 4 is 11.8 Å². The predicted molar refractivity (Wildman–Crippen MR) is 96.2 cm³/mol. The number of morpholine rings is 2. The van der Waals surface area contributed by atoms with Crippen molar-refractivity contribution in [1.29, 1.82) is 0 Å². The van der Waals surface area contributed by atoms with E-state index in [1.54, 1.807) is 0 Å². The lowest BCUT2D eigenvalue weighted by Crippen LogP contribution is -2.52. The van der Waals surface area contributed by atoms with E-state index in [-0.39, 0.29) is 36.2 Å². The summed E-state index contributed by atoms with van der Waals surface area (Å²) in [6.45, 7) is 14.4. The average molecular weight is 354 g/mol. The van der Waals surface area contributed by atoms with E-state index in [9.17, 15) is 9.59 Å². The largest absolute Gasteiger partial charge is 0.372 e. The third-order valence-corrected chi connectivity index (χ3v) is 5.02. The Balaban J connectivity index is 1.89. The second-order valence-corrected chi connectivity index (χ2v) is 8.41. The van der Waals surface area contributed by atoms with Crippen molar-refractivity contribution in [2.24, 2.45) is 5.41 Å². The fraction of sp³-hybridized carbons (Fsp3) is 0.895. The molecule has 0 aromatic heterocycles. The first-order chi connectivity index (χ1) is 11.6. The van der Waals surface area contributed by atoms with Gasteiger partial charge < -0.3 is 19.3 Å². The molecule has 2 aliphatic rings. The topological polar surface area (TPSA) is 59.1 Å². The van der Waals surface area contributed by atoms with Crippen LogP contribution in [0.5, 0.6) is 0 Å². The molecule has 0 aromatic rings. The smallest absolute Gasteiger partial charge is 0.228 e. The molecule has 0 saturated carbocycles. The van der Waals surface area contributed by atoms with Crippen LogP contribution in [0.3, 0.4) is 0 Å². The summed E-state index contributed by atoms with van der Waals surface area (Å²) >= 11 is 0. The molecule has 4 atom stereocenters. The van der Waals surface area contributed by atoms with Crippen molar-refractivity contribution in [1.82, 2.24) is 9.80 Å². The van der Waals surface area contributed by atoms with Crippen molar-refractivity contribution in [3.05, 3.63) is 0 Å². The summed E-state index contributed by atoms with van der Waals surface area (Å²) in [4.78, 5) is 29.3. The van der Waals surface area contributed by atoms with Crippen LogP contribution >= 0.6 is 0 Å². The highest BCUT2D eigenvalue weighted by atomic mass is 16.5. The number of amides is 2. The van der Waals surface area contributed by atoms with Crippen molar-refractivity contribution in [3.8, 4) is 0 Å². The fourth-order valence-electron chi connectivity index (χ4n) is 3.84. The van der Waals surface area contributed by atoms with Crippen molar-refractivity contribution in [3.63, 3.8) is 0 Å². The van der Waals surface area contributed by atoms with Gasteiger partial charge in [-0.05, 0) is 34.1 Å². The summed E-state index contributed by atoms with van der Waals surface area (Å²) in [5, 5.41) is 0. The maximum absolute atomic E-state index is 12.9. The molecule has 0 aliphatic carbocycles.